The molecule has 0 aromatic heterocycles. The van der Waals surface area contributed by atoms with Crippen LogP contribution in [-0.2, 0) is 32.7 Å². The molecule has 0 aliphatic heterocycles. The Morgan fingerprint density at radius 2 is 0.981 bits per heavy atom. The molecule has 0 rings (SSSR count). The molecule has 0 spiro atoms. The first kappa shape index (κ1) is 51.5. The number of unbranched alkanes of at least 4 members (excludes halogenated alkanes) is 24. The summed E-state index contributed by atoms with van der Waals surface area (Å²) >= 11 is 0. The number of rotatable bonds is 41. The van der Waals surface area contributed by atoms with Gasteiger partial charge < -0.3 is 20.1 Å². The molecule has 2 atom stereocenters. The predicted molar refractivity (Wildman–Crippen MR) is 220 cm³/mol. The lowest BCUT2D eigenvalue weighted by atomic mass is 10.0. The van der Waals surface area contributed by atoms with E-state index in [0.717, 1.165) is 51.4 Å². The SMILES string of the molecule is CCCCC/C=C\C/C=C\CCCCCCCCCC(=O)OC[C@H](COP(=O)(O)OCCN)OC(=O)CCCCCCCCCCCCCCCCC. The molecule has 0 radical (unpaired) electrons. The van der Waals surface area contributed by atoms with Gasteiger partial charge in [0.2, 0.25) is 0 Å². The number of ether oxygens (including phenoxy) is 2. The molecule has 10 heteroatoms. The van der Waals surface area contributed by atoms with Crippen LogP contribution in [0, 0.1) is 0 Å². The topological polar surface area (TPSA) is 134 Å². The summed E-state index contributed by atoms with van der Waals surface area (Å²) in [7, 11) is -4.37. The Bertz CT molecular complexity index is 928. The van der Waals surface area contributed by atoms with Gasteiger partial charge in [-0.15, -0.1) is 0 Å². The first-order valence-electron chi connectivity index (χ1n) is 21.8. The van der Waals surface area contributed by atoms with Gasteiger partial charge in [0, 0.05) is 19.4 Å². The zero-order valence-electron chi connectivity index (χ0n) is 34.3. The maximum atomic E-state index is 12.6. The molecule has 0 bridgehead atoms. The second kappa shape index (κ2) is 40.2. The van der Waals surface area contributed by atoms with E-state index in [0.29, 0.717) is 6.42 Å². The number of phosphoric acid groups is 1. The number of esters is 2. The van der Waals surface area contributed by atoms with Gasteiger partial charge in [0.1, 0.15) is 6.61 Å². The van der Waals surface area contributed by atoms with Gasteiger partial charge in [-0.25, -0.2) is 4.57 Å². The minimum Gasteiger partial charge on any atom is -0.462 e. The fourth-order valence-electron chi connectivity index (χ4n) is 6.08. The van der Waals surface area contributed by atoms with Crippen LogP contribution in [0.25, 0.3) is 0 Å². The van der Waals surface area contributed by atoms with Crippen molar-refractivity contribution in [3.63, 3.8) is 0 Å². The molecule has 3 N–H and O–H groups in total. The average Bonchev–Trinajstić information content (AvgIpc) is 3.14. The molecule has 9 nitrogen and oxygen atoms in total. The quantitative estimate of drug-likeness (QED) is 0.0269. The van der Waals surface area contributed by atoms with Crippen LogP contribution < -0.4 is 5.73 Å². The number of allylic oxidation sites excluding steroid dienone is 4. The number of carbonyl (C=O) groups excluding carboxylic acids is 2. The third-order valence-electron chi connectivity index (χ3n) is 9.34. The Morgan fingerprint density at radius 1 is 0.566 bits per heavy atom. The van der Waals surface area contributed by atoms with Crippen LogP contribution in [0.4, 0.5) is 0 Å². The van der Waals surface area contributed by atoms with Crippen molar-refractivity contribution in [3.8, 4) is 0 Å². The van der Waals surface area contributed by atoms with Crippen molar-refractivity contribution in [2.24, 2.45) is 5.73 Å². The van der Waals surface area contributed by atoms with Crippen LogP contribution in [0.3, 0.4) is 0 Å². The summed E-state index contributed by atoms with van der Waals surface area (Å²) in [5.74, 6) is -0.830. The molecule has 312 valence electrons. The van der Waals surface area contributed by atoms with Crippen LogP contribution in [0.5, 0.6) is 0 Å². The van der Waals surface area contributed by atoms with Gasteiger partial charge in [0.15, 0.2) is 6.10 Å². The van der Waals surface area contributed by atoms with Crippen molar-refractivity contribution in [3.05, 3.63) is 24.3 Å². The number of hydrogen-bond acceptors (Lipinski definition) is 8. The van der Waals surface area contributed by atoms with Crippen LogP contribution in [-0.4, -0.2) is 49.3 Å². The number of nitrogens with two attached hydrogens (primary N) is 1. The summed E-state index contributed by atoms with van der Waals surface area (Å²) in [5, 5.41) is 0. The van der Waals surface area contributed by atoms with Gasteiger partial charge in [-0.05, 0) is 44.9 Å². The van der Waals surface area contributed by atoms with Gasteiger partial charge in [0.25, 0.3) is 0 Å². The highest BCUT2D eigenvalue weighted by Gasteiger charge is 2.26. The van der Waals surface area contributed by atoms with E-state index in [1.807, 2.05) is 0 Å². The Labute approximate surface area is 325 Å². The van der Waals surface area contributed by atoms with Gasteiger partial charge in [-0.2, -0.15) is 0 Å². The minimum absolute atomic E-state index is 0.0539. The fourth-order valence-corrected chi connectivity index (χ4v) is 6.84. The molecular weight excluding hydrogens is 689 g/mol. The lowest BCUT2D eigenvalue weighted by molar-refractivity contribution is -0.161. The summed E-state index contributed by atoms with van der Waals surface area (Å²) in [5.41, 5.74) is 5.35. The molecule has 0 saturated heterocycles. The van der Waals surface area contributed by atoms with Gasteiger partial charge >= 0.3 is 19.8 Å². The summed E-state index contributed by atoms with van der Waals surface area (Å²) in [6.07, 6.45) is 42.0. The first-order valence-corrected chi connectivity index (χ1v) is 23.3. The van der Waals surface area contributed by atoms with Crippen LogP contribution in [0.1, 0.15) is 206 Å². The monoisotopic (exact) mass is 772 g/mol. The van der Waals surface area contributed by atoms with Crippen LogP contribution >= 0.6 is 7.82 Å². The van der Waals surface area contributed by atoms with E-state index in [4.69, 9.17) is 24.3 Å². The summed E-state index contributed by atoms with van der Waals surface area (Å²) in [6.45, 7) is 3.72. The molecule has 0 aromatic carbocycles. The van der Waals surface area contributed by atoms with Crippen molar-refractivity contribution in [1.29, 1.82) is 0 Å². The normalized spacial score (nSPS) is 13.5. The zero-order valence-corrected chi connectivity index (χ0v) is 35.2. The lowest BCUT2D eigenvalue weighted by Crippen LogP contribution is -2.29. The molecule has 0 aliphatic carbocycles. The van der Waals surface area contributed by atoms with E-state index in [1.165, 1.54) is 122 Å². The smallest absolute Gasteiger partial charge is 0.462 e. The zero-order chi connectivity index (χ0) is 38.9. The Morgan fingerprint density at radius 3 is 1.47 bits per heavy atom. The number of phosphoric ester groups is 1. The van der Waals surface area contributed by atoms with E-state index in [-0.39, 0.29) is 38.6 Å². The molecule has 1 unspecified atom stereocenters. The van der Waals surface area contributed by atoms with Crippen molar-refractivity contribution in [1.82, 2.24) is 0 Å². The summed E-state index contributed by atoms with van der Waals surface area (Å²) in [4.78, 5) is 34.9. The van der Waals surface area contributed by atoms with Crippen molar-refractivity contribution in [2.45, 2.75) is 213 Å². The van der Waals surface area contributed by atoms with Crippen LogP contribution in [0.15, 0.2) is 24.3 Å². The van der Waals surface area contributed by atoms with Gasteiger partial charge in [-0.3, -0.25) is 18.6 Å². The Kier molecular flexibility index (Phi) is 39.0. The van der Waals surface area contributed by atoms with E-state index < -0.39 is 26.5 Å². The molecular formula is C43H82NO8P. The molecule has 53 heavy (non-hydrogen) atoms. The van der Waals surface area contributed by atoms with E-state index >= 15 is 0 Å². The van der Waals surface area contributed by atoms with Gasteiger partial charge in [-0.1, -0.05) is 173 Å². The molecule has 0 saturated carbocycles. The average molecular weight is 772 g/mol. The first-order chi connectivity index (χ1) is 25.8. The lowest BCUT2D eigenvalue weighted by Gasteiger charge is -2.19. The standard InChI is InChI=1S/C43H82NO8P/c1-3-5-7-9-11-13-15-17-19-20-22-23-25-27-29-31-33-35-42(45)49-39-41(40-51-53(47,48)50-38-37-44)52-43(46)36-34-32-30-28-26-24-21-18-16-14-12-10-8-6-4-2/h11,13,17,19,41H,3-10,12,14-16,18,20-40,44H2,1-2H3,(H,47,48)/b13-11-,19-17-/t41-/m1/s1. The second-order valence-corrected chi connectivity index (χ2v) is 16.0. The summed E-state index contributed by atoms with van der Waals surface area (Å²) in [6, 6.07) is 0. The Balaban J connectivity index is 4.14. The summed E-state index contributed by atoms with van der Waals surface area (Å²) < 4.78 is 32.8. The third-order valence-corrected chi connectivity index (χ3v) is 10.3. The molecule has 0 aliphatic rings. The fraction of sp³-hybridized carbons (Fsp3) is 0.860. The molecule has 0 fully saturated rings. The van der Waals surface area contributed by atoms with Gasteiger partial charge in [0.05, 0.1) is 13.2 Å². The number of carbonyl (C=O) groups is 2. The number of hydrogen-bond donors (Lipinski definition) is 2. The third kappa shape index (κ3) is 40.0. The highest BCUT2D eigenvalue weighted by Crippen LogP contribution is 2.43. The maximum Gasteiger partial charge on any atom is 0.472 e. The minimum atomic E-state index is -4.37. The Hall–Kier alpha value is -1.51. The highest BCUT2D eigenvalue weighted by atomic mass is 31.2. The predicted octanol–water partition coefficient (Wildman–Crippen LogP) is 12.4. The van der Waals surface area contributed by atoms with Crippen LogP contribution in [0.2, 0.25) is 0 Å². The largest absolute Gasteiger partial charge is 0.472 e. The second-order valence-electron chi connectivity index (χ2n) is 14.6. The van der Waals surface area contributed by atoms with E-state index in [2.05, 4.69) is 38.2 Å². The highest BCUT2D eigenvalue weighted by molar-refractivity contribution is 7.47. The molecule has 0 heterocycles. The van der Waals surface area contributed by atoms with E-state index in [1.54, 1.807) is 0 Å². The van der Waals surface area contributed by atoms with Crippen molar-refractivity contribution >= 4 is 19.8 Å². The molecule has 0 amide bonds. The maximum absolute atomic E-state index is 12.6. The van der Waals surface area contributed by atoms with Crippen molar-refractivity contribution in [2.75, 3.05) is 26.4 Å². The molecule has 0 aromatic rings. The van der Waals surface area contributed by atoms with Crippen molar-refractivity contribution < 1.29 is 37.6 Å². The van der Waals surface area contributed by atoms with E-state index in [9.17, 15) is 19.0 Å².